The second kappa shape index (κ2) is 10.7. The van der Waals surface area contributed by atoms with Crippen molar-refractivity contribution in [2.75, 3.05) is 0 Å². The van der Waals surface area contributed by atoms with Gasteiger partial charge in [0, 0.05) is 21.2 Å². The van der Waals surface area contributed by atoms with E-state index in [0.29, 0.717) is 21.2 Å². The maximum atomic E-state index is 14.3. The molecule has 4 rings (SSSR count). The zero-order valence-corrected chi connectivity index (χ0v) is 21.0. The molecule has 0 aliphatic rings. The van der Waals surface area contributed by atoms with Crippen LogP contribution in [0.15, 0.2) is 121 Å². The first-order valence-electron chi connectivity index (χ1n) is 11.2. The molecule has 0 amide bonds. The number of hydrogen-bond acceptors (Lipinski definition) is 4. The summed E-state index contributed by atoms with van der Waals surface area (Å²) in [4.78, 5) is 0. The molecule has 4 nitrogen and oxygen atoms in total. The minimum atomic E-state index is -3.41. The Bertz CT molecular complexity index is 1090. The summed E-state index contributed by atoms with van der Waals surface area (Å²) in [5.74, 6) is 0. The van der Waals surface area contributed by atoms with Gasteiger partial charge in [-0.2, -0.15) is 0 Å². The van der Waals surface area contributed by atoms with Crippen LogP contribution in [0, 0.1) is 0 Å². The standard InChI is InChI=1S/C28H28O4P2/c1-23(31-33(29,25-15-7-3-8-16-25)26-17-9-4-10-18-26)24(2)32-34(30,27-19-11-5-12-20-27)28-21-13-6-14-22-28/h3-24H,1-2H3/t23-,24-/m1/s1. The Morgan fingerprint density at radius 2 is 0.647 bits per heavy atom. The van der Waals surface area contributed by atoms with E-state index in [4.69, 9.17) is 9.05 Å². The number of rotatable bonds is 9. The summed E-state index contributed by atoms with van der Waals surface area (Å²) in [6, 6.07) is 36.8. The van der Waals surface area contributed by atoms with Gasteiger partial charge < -0.3 is 9.05 Å². The highest BCUT2D eigenvalue weighted by Crippen LogP contribution is 2.50. The van der Waals surface area contributed by atoms with Crippen molar-refractivity contribution in [1.29, 1.82) is 0 Å². The second-order valence-corrected chi connectivity index (χ2v) is 12.8. The monoisotopic (exact) mass is 490 g/mol. The van der Waals surface area contributed by atoms with E-state index in [9.17, 15) is 9.13 Å². The Morgan fingerprint density at radius 1 is 0.441 bits per heavy atom. The third kappa shape index (κ3) is 5.17. The van der Waals surface area contributed by atoms with Crippen LogP contribution in [0.1, 0.15) is 13.8 Å². The van der Waals surface area contributed by atoms with Crippen LogP contribution in [0.4, 0.5) is 0 Å². The molecule has 0 aliphatic heterocycles. The van der Waals surface area contributed by atoms with Crippen LogP contribution < -0.4 is 21.2 Å². The lowest BCUT2D eigenvalue weighted by Crippen LogP contribution is -2.32. The maximum absolute atomic E-state index is 14.3. The Labute approximate surface area is 201 Å². The molecular formula is C28H28O4P2. The van der Waals surface area contributed by atoms with Crippen molar-refractivity contribution >= 4 is 36.0 Å². The molecule has 0 saturated carbocycles. The van der Waals surface area contributed by atoms with E-state index < -0.39 is 26.9 Å². The molecule has 174 valence electrons. The highest BCUT2D eigenvalue weighted by Gasteiger charge is 2.36. The predicted molar refractivity (Wildman–Crippen MR) is 141 cm³/mol. The van der Waals surface area contributed by atoms with Gasteiger partial charge in [0.1, 0.15) is 0 Å². The van der Waals surface area contributed by atoms with Gasteiger partial charge in [0.25, 0.3) is 14.7 Å². The SMILES string of the molecule is C[C@@H](OP(=O)(c1ccccc1)c1ccccc1)[C@@H](C)OP(=O)(c1ccccc1)c1ccccc1. The van der Waals surface area contributed by atoms with Crippen molar-refractivity contribution in [2.45, 2.75) is 26.1 Å². The first-order chi connectivity index (χ1) is 16.4. The minimum absolute atomic E-state index is 0.605. The summed E-state index contributed by atoms with van der Waals surface area (Å²) in [7, 11) is -6.83. The molecule has 4 aromatic carbocycles. The van der Waals surface area contributed by atoms with Crippen LogP contribution in [0.25, 0.3) is 0 Å². The fourth-order valence-electron chi connectivity index (χ4n) is 3.68. The fraction of sp³-hybridized carbons (Fsp3) is 0.143. The lowest BCUT2D eigenvalue weighted by Gasteiger charge is -2.30. The van der Waals surface area contributed by atoms with E-state index >= 15 is 0 Å². The van der Waals surface area contributed by atoms with E-state index in [1.54, 1.807) is 0 Å². The van der Waals surface area contributed by atoms with Gasteiger partial charge in [-0.3, -0.25) is 9.13 Å². The summed E-state index contributed by atoms with van der Waals surface area (Å²) >= 11 is 0. The molecule has 4 aromatic rings. The smallest absolute Gasteiger partial charge is 0.261 e. The largest absolute Gasteiger partial charge is 0.316 e. The first kappa shape index (κ1) is 24.4. The summed E-state index contributed by atoms with van der Waals surface area (Å²) in [6.45, 7) is 3.62. The van der Waals surface area contributed by atoms with Gasteiger partial charge in [-0.15, -0.1) is 0 Å². The average molecular weight is 490 g/mol. The van der Waals surface area contributed by atoms with Gasteiger partial charge >= 0.3 is 0 Å². The third-order valence-electron chi connectivity index (χ3n) is 5.67. The molecule has 0 bridgehead atoms. The van der Waals surface area contributed by atoms with Gasteiger partial charge in [0.05, 0.1) is 12.2 Å². The van der Waals surface area contributed by atoms with Crippen LogP contribution in [-0.2, 0) is 18.2 Å². The van der Waals surface area contributed by atoms with Crippen molar-refractivity contribution in [3.05, 3.63) is 121 Å². The zero-order chi connectivity index (χ0) is 24.0. The normalized spacial score (nSPS) is 13.8. The lowest BCUT2D eigenvalue weighted by molar-refractivity contribution is 0.0883. The first-order valence-corrected chi connectivity index (χ1v) is 14.5. The van der Waals surface area contributed by atoms with Gasteiger partial charge in [0.2, 0.25) is 0 Å². The van der Waals surface area contributed by atoms with Crippen LogP contribution in [0.2, 0.25) is 0 Å². The molecule has 0 N–H and O–H groups in total. The number of hydrogen-bond donors (Lipinski definition) is 0. The zero-order valence-electron chi connectivity index (χ0n) is 19.2. The highest BCUT2D eigenvalue weighted by molar-refractivity contribution is 7.74. The van der Waals surface area contributed by atoms with Crippen molar-refractivity contribution in [2.24, 2.45) is 0 Å². The Morgan fingerprint density at radius 3 is 0.853 bits per heavy atom. The minimum Gasteiger partial charge on any atom is -0.316 e. The molecule has 6 heteroatoms. The second-order valence-electron chi connectivity index (χ2n) is 8.07. The molecule has 0 saturated heterocycles. The van der Waals surface area contributed by atoms with Gasteiger partial charge in [0.15, 0.2) is 0 Å². The van der Waals surface area contributed by atoms with Gasteiger partial charge in [-0.05, 0) is 62.4 Å². The molecule has 34 heavy (non-hydrogen) atoms. The summed E-state index contributed by atoms with van der Waals surface area (Å²) in [6.07, 6.45) is -1.21. The predicted octanol–water partition coefficient (Wildman–Crippen LogP) is 5.65. The Hall–Kier alpha value is -2.74. The van der Waals surface area contributed by atoms with Crippen LogP contribution in [-0.4, -0.2) is 12.2 Å². The Kier molecular flexibility index (Phi) is 7.66. The van der Waals surface area contributed by atoms with E-state index in [1.165, 1.54) is 0 Å². The quantitative estimate of drug-likeness (QED) is 0.285. The molecule has 0 radical (unpaired) electrons. The highest BCUT2D eigenvalue weighted by atomic mass is 31.2. The maximum Gasteiger partial charge on any atom is 0.261 e. The lowest BCUT2D eigenvalue weighted by atomic mass is 10.3. The fourth-order valence-corrected chi connectivity index (χ4v) is 8.30. The van der Waals surface area contributed by atoms with Crippen LogP contribution in [0.3, 0.4) is 0 Å². The van der Waals surface area contributed by atoms with Crippen molar-refractivity contribution in [1.82, 2.24) is 0 Å². The molecule has 0 aliphatic carbocycles. The molecule has 0 heterocycles. The molecular weight excluding hydrogens is 462 g/mol. The van der Waals surface area contributed by atoms with E-state index in [2.05, 4.69) is 0 Å². The Balaban J connectivity index is 1.66. The van der Waals surface area contributed by atoms with Gasteiger partial charge in [-0.25, -0.2) is 0 Å². The van der Waals surface area contributed by atoms with E-state index in [1.807, 2.05) is 135 Å². The van der Waals surface area contributed by atoms with Crippen molar-refractivity contribution < 1.29 is 18.2 Å². The van der Waals surface area contributed by atoms with Crippen LogP contribution >= 0.6 is 14.7 Å². The average Bonchev–Trinajstić information content (AvgIpc) is 2.90. The van der Waals surface area contributed by atoms with Crippen molar-refractivity contribution in [3.8, 4) is 0 Å². The van der Waals surface area contributed by atoms with E-state index in [-0.39, 0.29) is 0 Å². The van der Waals surface area contributed by atoms with Crippen LogP contribution in [0.5, 0.6) is 0 Å². The summed E-state index contributed by atoms with van der Waals surface area (Å²) in [5, 5.41) is 2.42. The third-order valence-corrected chi connectivity index (χ3v) is 10.8. The summed E-state index contributed by atoms with van der Waals surface area (Å²) < 4.78 is 41.2. The summed E-state index contributed by atoms with van der Waals surface area (Å²) in [5.41, 5.74) is 0. The number of benzene rings is 4. The van der Waals surface area contributed by atoms with Crippen molar-refractivity contribution in [3.63, 3.8) is 0 Å². The molecule has 0 aromatic heterocycles. The molecule has 0 fully saturated rings. The molecule has 2 atom stereocenters. The van der Waals surface area contributed by atoms with Gasteiger partial charge in [-0.1, -0.05) is 72.8 Å². The van der Waals surface area contributed by atoms with E-state index in [0.717, 1.165) is 0 Å². The topological polar surface area (TPSA) is 52.6 Å². The molecule has 0 unspecified atom stereocenters. The molecule has 0 spiro atoms.